The molecule has 28 heavy (non-hydrogen) atoms. The van der Waals surface area contributed by atoms with Crippen molar-refractivity contribution in [3.05, 3.63) is 65.7 Å². The third-order valence-corrected chi connectivity index (χ3v) is 5.77. The first-order valence-corrected chi connectivity index (χ1v) is 10.2. The Hall–Kier alpha value is -2.64. The Balaban J connectivity index is 1.57. The smallest absolute Gasteiger partial charge is 0.240 e. The number of thioether (sulfide) groups is 1. The molecule has 1 atom stereocenters. The first kappa shape index (κ1) is 18.7. The Labute approximate surface area is 168 Å². The van der Waals surface area contributed by atoms with E-state index in [-0.39, 0.29) is 11.2 Å². The number of carbonyl (C=O) groups is 1. The number of aromatic amines is 1. The lowest BCUT2D eigenvalue weighted by Gasteiger charge is -2.30. The molecule has 1 saturated heterocycles. The number of nitrogens with one attached hydrogen (secondary N) is 1. The Morgan fingerprint density at radius 3 is 2.54 bits per heavy atom. The molecule has 1 aliphatic heterocycles. The standard InChI is InChI=1S/C21H22N4O2S/c1-15-7-9-17(10-8-15)19-22-21(24-23-19)28-18(16-5-3-2-4-6-16)20(26)25-11-13-27-14-12-25/h2-10,18H,11-14H2,1H3,(H,22,23,24)/t18-/m1/s1. The van der Waals surface area contributed by atoms with E-state index < -0.39 is 0 Å². The van der Waals surface area contributed by atoms with Gasteiger partial charge in [0, 0.05) is 18.7 Å². The average Bonchev–Trinajstić information content (AvgIpc) is 3.22. The molecule has 0 unspecified atom stereocenters. The molecule has 1 aromatic heterocycles. The van der Waals surface area contributed by atoms with Gasteiger partial charge in [-0.25, -0.2) is 4.98 Å². The molecule has 0 bridgehead atoms. The lowest BCUT2D eigenvalue weighted by Crippen LogP contribution is -2.42. The van der Waals surface area contributed by atoms with Crippen LogP contribution in [0.25, 0.3) is 11.4 Å². The van der Waals surface area contributed by atoms with Crippen molar-refractivity contribution in [3.63, 3.8) is 0 Å². The zero-order chi connectivity index (χ0) is 19.3. The number of hydrogen-bond donors (Lipinski definition) is 1. The summed E-state index contributed by atoms with van der Waals surface area (Å²) in [7, 11) is 0. The maximum atomic E-state index is 13.2. The molecule has 0 spiro atoms. The Morgan fingerprint density at radius 2 is 1.82 bits per heavy atom. The van der Waals surface area contributed by atoms with Crippen LogP contribution in [0.15, 0.2) is 59.8 Å². The van der Waals surface area contributed by atoms with Crippen molar-refractivity contribution in [2.75, 3.05) is 26.3 Å². The monoisotopic (exact) mass is 394 g/mol. The average molecular weight is 395 g/mol. The fourth-order valence-corrected chi connectivity index (χ4v) is 4.08. The highest BCUT2D eigenvalue weighted by molar-refractivity contribution is 8.00. The number of H-pyrrole nitrogens is 1. The van der Waals surface area contributed by atoms with E-state index in [1.165, 1.54) is 17.3 Å². The second-order valence-corrected chi connectivity index (χ2v) is 7.75. The number of benzene rings is 2. The van der Waals surface area contributed by atoms with Gasteiger partial charge in [0.05, 0.1) is 13.2 Å². The van der Waals surface area contributed by atoms with Gasteiger partial charge < -0.3 is 9.64 Å². The number of aromatic nitrogens is 3. The number of ether oxygens (including phenoxy) is 1. The molecule has 1 N–H and O–H groups in total. The van der Waals surface area contributed by atoms with Crippen molar-refractivity contribution >= 4 is 17.7 Å². The van der Waals surface area contributed by atoms with Crippen molar-refractivity contribution in [1.29, 1.82) is 0 Å². The molecule has 0 radical (unpaired) electrons. The maximum Gasteiger partial charge on any atom is 0.240 e. The number of hydrogen-bond acceptors (Lipinski definition) is 5. The van der Waals surface area contributed by atoms with Crippen LogP contribution in [-0.4, -0.2) is 52.3 Å². The zero-order valence-corrected chi connectivity index (χ0v) is 16.5. The van der Waals surface area contributed by atoms with Gasteiger partial charge in [-0.15, -0.1) is 5.10 Å². The van der Waals surface area contributed by atoms with Crippen molar-refractivity contribution in [3.8, 4) is 11.4 Å². The highest BCUT2D eigenvalue weighted by atomic mass is 32.2. The van der Waals surface area contributed by atoms with E-state index in [1.807, 2.05) is 66.4 Å². The molecule has 1 aliphatic rings. The minimum Gasteiger partial charge on any atom is -0.378 e. The molecule has 144 valence electrons. The topological polar surface area (TPSA) is 71.1 Å². The largest absolute Gasteiger partial charge is 0.378 e. The number of aryl methyl sites for hydroxylation is 1. The highest BCUT2D eigenvalue weighted by Crippen LogP contribution is 2.35. The molecule has 1 fully saturated rings. The number of rotatable bonds is 5. The summed E-state index contributed by atoms with van der Waals surface area (Å²) >= 11 is 1.38. The molecule has 6 nitrogen and oxygen atoms in total. The van der Waals surface area contributed by atoms with Crippen LogP contribution in [-0.2, 0) is 9.53 Å². The van der Waals surface area contributed by atoms with E-state index in [2.05, 4.69) is 15.2 Å². The van der Waals surface area contributed by atoms with Gasteiger partial charge in [-0.2, -0.15) is 0 Å². The van der Waals surface area contributed by atoms with Gasteiger partial charge in [0.25, 0.3) is 0 Å². The van der Waals surface area contributed by atoms with Crippen LogP contribution in [0.5, 0.6) is 0 Å². The van der Waals surface area contributed by atoms with E-state index in [1.54, 1.807) is 0 Å². The molecule has 1 amide bonds. The molecular formula is C21H22N4O2S. The van der Waals surface area contributed by atoms with Crippen LogP contribution in [0, 0.1) is 6.92 Å². The quantitative estimate of drug-likeness (QED) is 0.671. The van der Waals surface area contributed by atoms with Gasteiger partial charge in [-0.1, -0.05) is 71.9 Å². The molecule has 2 aromatic carbocycles. The van der Waals surface area contributed by atoms with E-state index in [0.717, 1.165) is 11.1 Å². The van der Waals surface area contributed by atoms with E-state index in [0.29, 0.717) is 37.3 Å². The summed E-state index contributed by atoms with van der Waals surface area (Å²) in [6.07, 6.45) is 0. The fourth-order valence-electron chi connectivity index (χ4n) is 3.08. The summed E-state index contributed by atoms with van der Waals surface area (Å²) < 4.78 is 5.38. The molecule has 3 aromatic rings. The van der Waals surface area contributed by atoms with Gasteiger partial charge in [0.1, 0.15) is 5.25 Å². The number of amides is 1. The van der Waals surface area contributed by atoms with Crippen LogP contribution >= 0.6 is 11.8 Å². The van der Waals surface area contributed by atoms with Gasteiger partial charge in [0.2, 0.25) is 11.1 Å². The van der Waals surface area contributed by atoms with Gasteiger partial charge in [0.15, 0.2) is 5.82 Å². The zero-order valence-electron chi connectivity index (χ0n) is 15.7. The summed E-state index contributed by atoms with van der Waals surface area (Å²) in [6.45, 7) is 4.44. The Morgan fingerprint density at radius 1 is 1.11 bits per heavy atom. The summed E-state index contributed by atoms with van der Waals surface area (Å²) in [6, 6.07) is 17.9. The SMILES string of the molecule is Cc1ccc(-c2nc(S[C@@H](C(=O)N3CCOCC3)c3ccccc3)n[nH]2)cc1. The molecular weight excluding hydrogens is 372 g/mol. The predicted molar refractivity (Wildman–Crippen MR) is 109 cm³/mol. The summed E-state index contributed by atoms with van der Waals surface area (Å²) in [5.74, 6) is 0.773. The van der Waals surface area contributed by atoms with E-state index in [9.17, 15) is 4.79 Å². The van der Waals surface area contributed by atoms with Crippen LogP contribution in [0.2, 0.25) is 0 Å². The van der Waals surface area contributed by atoms with Crippen LogP contribution < -0.4 is 0 Å². The van der Waals surface area contributed by atoms with Crippen LogP contribution in [0.1, 0.15) is 16.4 Å². The van der Waals surface area contributed by atoms with Crippen LogP contribution in [0.4, 0.5) is 0 Å². The third-order valence-electron chi connectivity index (χ3n) is 4.66. The molecule has 4 rings (SSSR count). The number of morpholine rings is 1. The highest BCUT2D eigenvalue weighted by Gasteiger charge is 2.29. The summed E-state index contributed by atoms with van der Waals surface area (Å²) in [5, 5.41) is 7.50. The van der Waals surface area contributed by atoms with Crippen molar-refractivity contribution in [1.82, 2.24) is 20.1 Å². The second kappa shape index (κ2) is 8.58. The summed E-state index contributed by atoms with van der Waals surface area (Å²) in [4.78, 5) is 19.7. The second-order valence-electron chi connectivity index (χ2n) is 6.68. The van der Waals surface area contributed by atoms with Crippen molar-refractivity contribution in [2.24, 2.45) is 0 Å². The van der Waals surface area contributed by atoms with E-state index in [4.69, 9.17) is 4.74 Å². The normalized spacial score (nSPS) is 15.4. The minimum absolute atomic E-state index is 0.0705. The third kappa shape index (κ3) is 4.26. The first-order valence-electron chi connectivity index (χ1n) is 9.28. The minimum atomic E-state index is -0.388. The molecule has 7 heteroatoms. The number of carbonyl (C=O) groups excluding carboxylic acids is 1. The fraction of sp³-hybridized carbons (Fsp3) is 0.286. The lowest BCUT2D eigenvalue weighted by atomic mass is 10.1. The van der Waals surface area contributed by atoms with Crippen molar-refractivity contribution in [2.45, 2.75) is 17.3 Å². The lowest BCUT2D eigenvalue weighted by molar-refractivity contribution is -0.134. The Bertz CT molecular complexity index is 921. The van der Waals surface area contributed by atoms with Crippen LogP contribution in [0.3, 0.4) is 0 Å². The first-order chi connectivity index (χ1) is 13.7. The van der Waals surface area contributed by atoms with E-state index >= 15 is 0 Å². The van der Waals surface area contributed by atoms with Gasteiger partial charge in [-0.3, -0.25) is 9.89 Å². The van der Waals surface area contributed by atoms with Crippen molar-refractivity contribution < 1.29 is 9.53 Å². The van der Waals surface area contributed by atoms with Gasteiger partial charge >= 0.3 is 0 Å². The van der Waals surface area contributed by atoms with Gasteiger partial charge in [-0.05, 0) is 12.5 Å². The molecule has 0 saturated carbocycles. The molecule has 0 aliphatic carbocycles. The summed E-state index contributed by atoms with van der Waals surface area (Å²) in [5.41, 5.74) is 3.12. The predicted octanol–water partition coefficient (Wildman–Crippen LogP) is 3.47. The Kier molecular flexibility index (Phi) is 5.73. The molecule has 2 heterocycles. The number of nitrogens with zero attached hydrogens (tertiary/aromatic N) is 3. The maximum absolute atomic E-state index is 13.2.